The van der Waals surface area contributed by atoms with Crippen molar-refractivity contribution in [1.82, 2.24) is 4.90 Å². The number of carbonyl (C=O) groups is 1. The predicted molar refractivity (Wildman–Crippen MR) is 47.0 cm³/mol. The number of aliphatic carboxylic acids is 1. The maximum Gasteiger partial charge on any atom is 0.306 e. The van der Waals surface area contributed by atoms with Crippen molar-refractivity contribution >= 4 is 5.97 Å². The molecule has 1 rings (SSSR count). The zero-order chi connectivity index (χ0) is 9.30. The highest BCUT2D eigenvalue weighted by Gasteiger charge is 2.31. The number of carboxylic acid groups (broad SMARTS) is 1. The van der Waals surface area contributed by atoms with E-state index in [1.54, 1.807) is 0 Å². The first-order valence-corrected chi connectivity index (χ1v) is 4.47. The first kappa shape index (κ1) is 9.52. The van der Waals surface area contributed by atoms with E-state index in [-0.39, 0.29) is 5.92 Å². The zero-order valence-electron chi connectivity index (χ0n) is 7.95. The fourth-order valence-electron chi connectivity index (χ4n) is 1.89. The van der Waals surface area contributed by atoms with Gasteiger partial charge in [-0.3, -0.25) is 4.79 Å². The molecule has 1 heterocycles. The lowest BCUT2D eigenvalue weighted by Crippen LogP contribution is -2.45. The van der Waals surface area contributed by atoms with Crippen molar-refractivity contribution < 1.29 is 9.90 Å². The summed E-state index contributed by atoms with van der Waals surface area (Å²) in [6.07, 6.45) is 1.58. The van der Waals surface area contributed by atoms with Gasteiger partial charge in [-0.05, 0) is 33.7 Å². The van der Waals surface area contributed by atoms with Gasteiger partial charge in [0.25, 0.3) is 0 Å². The molecular weight excluding hydrogens is 154 g/mol. The molecule has 1 N–H and O–H groups in total. The monoisotopic (exact) mass is 171 g/mol. The van der Waals surface area contributed by atoms with Gasteiger partial charge in [0.05, 0.1) is 5.92 Å². The number of nitrogens with zero attached hydrogens (tertiary/aromatic N) is 1. The predicted octanol–water partition coefficient (Wildman–Crippen LogP) is 1.19. The molecule has 12 heavy (non-hydrogen) atoms. The Bertz CT molecular complexity index is 169. The Labute approximate surface area is 73.4 Å². The molecule has 0 radical (unpaired) electrons. The Hall–Kier alpha value is -0.570. The van der Waals surface area contributed by atoms with Gasteiger partial charge in [0.1, 0.15) is 0 Å². The van der Waals surface area contributed by atoms with Crippen LogP contribution in [-0.4, -0.2) is 35.1 Å². The molecule has 1 fully saturated rings. The average Bonchev–Trinajstić information content (AvgIpc) is 1.99. The first-order chi connectivity index (χ1) is 5.52. The van der Waals surface area contributed by atoms with Crippen molar-refractivity contribution in [1.29, 1.82) is 0 Å². The summed E-state index contributed by atoms with van der Waals surface area (Å²) in [6, 6.07) is 0.796. The Kier molecular flexibility index (Phi) is 2.73. The van der Waals surface area contributed by atoms with Crippen LogP contribution >= 0.6 is 0 Å². The molecule has 1 saturated heterocycles. The second-order valence-corrected chi connectivity index (χ2v) is 3.87. The van der Waals surface area contributed by atoms with E-state index < -0.39 is 5.97 Å². The van der Waals surface area contributed by atoms with Gasteiger partial charge in [-0.15, -0.1) is 0 Å². The van der Waals surface area contributed by atoms with Gasteiger partial charge < -0.3 is 10.0 Å². The maximum absolute atomic E-state index is 10.7. The van der Waals surface area contributed by atoms with Crippen molar-refractivity contribution in [2.75, 3.05) is 7.05 Å². The Balaban J connectivity index is 2.59. The molecule has 1 aliphatic heterocycles. The maximum atomic E-state index is 10.7. The molecule has 0 aromatic carbocycles. The summed E-state index contributed by atoms with van der Waals surface area (Å²) in [5.41, 5.74) is 0. The van der Waals surface area contributed by atoms with Crippen LogP contribution in [0.5, 0.6) is 0 Å². The summed E-state index contributed by atoms with van der Waals surface area (Å²) in [5.74, 6) is -0.770. The fraction of sp³-hybridized carbons (Fsp3) is 0.889. The normalized spacial score (nSPS) is 38.1. The largest absolute Gasteiger partial charge is 0.481 e. The zero-order valence-corrected chi connectivity index (χ0v) is 7.95. The number of hydrogen-bond donors (Lipinski definition) is 1. The van der Waals surface area contributed by atoms with Gasteiger partial charge in [0.2, 0.25) is 0 Å². The smallest absolute Gasteiger partial charge is 0.306 e. The van der Waals surface area contributed by atoms with Gasteiger partial charge in [-0.2, -0.15) is 0 Å². The van der Waals surface area contributed by atoms with E-state index in [1.165, 1.54) is 0 Å². The van der Waals surface area contributed by atoms with E-state index in [9.17, 15) is 4.79 Å². The number of rotatable bonds is 1. The van der Waals surface area contributed by atoms with Gasteiger partial charge in [0, 0.05) is 12.1 Å². The van der Waals surface area contributed by atoms with E-state index in [2.05, 4.69) is 25.8 Å². The van der Waals surface area contributed by atoms with Crippen molar-refractivity contribution in [3.63, 3.8) is 0 Å². The molecule has 1 aliphatic rings. The van der Waals surface area contributed by atoms with Crippen LogP contribution in [0, 0.1) is 5.92 Å². The molecule has 0 aliphatic carbocycles. The Morgan fingerprint density at radius 3 is 2.08 bits per heavy atom. The molecule has 0 spiro atoms. The van der Waals surface area contributed by atoms with E-state index >= 15 is 0 Å². The highest BCUT2D eigenvalue weighted by molar-refractivity contribution is 5.70. The highest BCUT2D eigenvalue weighted by Crippen LogP contribution is 2.26. The highest BCUT2D eigenvalue weighted by atomic mass is 16.4. The van der Waals surface area contributed by atoms with Crippen LogP contribution in [0.3, 0.4) is 0 Å². The molecule has 3 nitrogen and oxygen atoms in total. The van der Waals surface area contributed by atoms with Crippen LogP contribution in [0.4, 0.5) is 0 Å². The molecule has 3 heteroatoms. The molecule has 70 valence electrons. The lowest BCUT2D eigenvalue weighted by atomic mass is 9.88. The van der Waals surface area contributed by atoms with E-state index in [4.69, 9.17) is 5.11 Å². The van der Waals surface area contributed by atoms with Crippen LogP contribution < -0.4 is 0 Å². The average molecular weight is 171 g/mol. The Morgan fingerprint density at radius 2 is 1.75 bits per heavy atom. The second kappa shape index (κ2) is 3.44. The lowest BCUT2D eigenvalue weighted by molar-refractivity contribution is -0.144. The molecule has 2 atom stereocenters. The topological polar surface area (TPSA) is 40.5 Å². The summed E-state index contributed by atoms with van der Waals surface area (Å²) in [4.78, 5) is 13.0. The molecule has 0 aromatic heterocycles. The molecule has 0 amide bonds. The molecule has 0 saturated carbocycles. The van der Waals surface area contributed by atoms with Gasteiger partial charge in [-0.25, -0.2) is 0 Å². The third-order valence-electron chi connectivity index (χ3n) is 2.99. The SMILES string of the molecule is CC1CC(C(=O)O)CC(C)N1C. The first-order valence-electron chi connectivity index (χ1n) is 4.47. The minimum Gasteiger partial charge on any atom is -0.481 e. The van der Waals surface area contributed by atoms with Crippen molar-refractivity contribution in [2.45, 2.75) is 38.8 Å². The molecule has 0 bridgehead atoms. The quantitative estimate of drug-likeness (QED) is 0.644. The van der Waals surface area contributed by atoms with Crippen LogP contribution in [0.2, 0.25) is 0 Å². The standard InChI is InChI=1S/C9H17NO2/c1-6-4-8(9(11)12)5-7(2)10(6)3/h6-8H,4-5H2,1-3H3,(H,11,12). The summed E-state index contributed by atoms with van der Waals surface area (Å²) in [7, 11) is 2.06. The molecule has 0 aromatic rings. The molecular formula is C9H17NO2. The third-order valence-corrected chi connectivity index (χ3v) is 2.99. The van der Waals surface area contributed by atoms with Gasteiger partial charge in [-0.1, -0.05) is 0 Å². The van der Waals surface area contributed by atoms with E-state index in [1.807, 2.05) is 0 Å². The van der Waals surface area contributed by atoms with Gasteiger partial charge >= 0.3 is 5.97 Å². The van der Waals surface area contributed by atoms with Crippen LogP contribution in [-0.2, 0) is 4.79 Å². The number of piperidine rings is 1. The fourth-order valence-corrected chi connectivity index (χ4v) is 1.89. The van der Waals surface area contributed by atoms with Crippen LogP contribution in [0.15, 0.2) is 0 Å². The second-order valence-electron chi connectivity index (χ2n) is 3.87. The van der Waals surface area contributed by atoms with Crippen molar-refractivity contribution in [3.8, 4) is 0 Å². The summed E-state index contributed by atoms with van der Waals surface area (Å²) in [6.45, 7) is 4.18. The van der Waals surface area contributed by atoms with E-state index in [0.29, 0.717) is 12.1 Å². The van der Waals surface area contributed by atoms with Gasteiger partial charge in [0.15, 0.2) is 0 Å². The summed E-state index contributed by atoms with van der Waals surface area (Å²) < 4.78 is 0. The Morgan fingerprint density at radius 1 is 1.33 bits per heavy atom. The third kappa shape index (κ3) is 1.78. The van der Waals surface area contributed by atoms with Crippen LogP contribution in [0.1, 0.15) is 26.7 Å². The minimum atomic E-state index is -0.637. The minimum absolute atomic E-state index is 0.133. The van der Waals surface area contributed by atoms with E-state index in [0.717, 1.165) is 12.8 Å². The number of likely N-dealkylation sites (tertiary alicyclic amines) is 1. The summed E-state index contributed by atoms with van der Waals surface area (Å²) in [5, 5.41) is 8.84. The number of carboxylic acids is 1. The number of hydrogen-bond acceptors (Lipinski definition) is 2. The van der Waals surface area contributed by atoms with Crippen LogP contribution in [0.25, 0.3) is 0 Å². The molecule has 2 unspecified atom stereocenters. The van der Waals surface area contributed by atoms with Crippen molar-refractivity contribution in [2.24, 2.45) is 5.92 Å². The summed E-state index contributed by atoms with van der Waals surface area (Å²) >= 11 is 0. The van der Waals surface area contributed by atoms with Crippen molar-refractivity contribution in [3.05, 3.63) is 0 Å². The lowest BCUT2D eigenvalue weighted by Gasteiger charge is -2.38.